The molecule has 1 N–H and O–H groups in total. The molecule has 2 atom stereocenters. The van der Waals surface area contributed by atoms with E-state index in [0.717, 1.165) is 24.9 Å². The van der Waals surface area contributed by atoms with Gasteiger partial charge in [0, 0.05) is 43.6 Å². The molecular weight excluding hydrogens is 495 g/mol. The van der Waals surface area contributed by atoms with E-state index in [0.29, 0.717) is 44.8 Å². The highest BCUT2D eigenvalue weighted by atomic mass is 19.1. The van der Waals surface area contributed by atoms with Crippen molar-refractivity contribution in [2.24, 2.45) is 11.3 Å². The Balaban J connectivity index is 1.49. The molecule has 3 fully saturated rings. The molecule has 0 spiro atoms. The van der Waals surface area contributed by atoms with Crippen molar-refractivity contribution in [3.63, 3.8) is 0 Å². The van der Waals surface area contributed by atoms with E-state index in [1.807, 2.05) is 19.0 Å². The quantitative estimate of drug-likeness (QED) is 0.570. The molecule has 2 heterocycles. The van der Waals surface area contributed by atoms with E-state index >= 15 is 0 Å². The fourth-order valence-corrected chi connectivity index (χ4v) is 7.14. The maximum atomic E-state index is 13.9. The van der Waals surface area contributed by atoms with Crippen molar-refractivity contribution >= 4 is 17.6 Å². The second kappa shape index (κ2) is 12.0. The highest BCUT2D eigenvalue weighted by Gasteiger charge is 2.47. The van der Waals surface area contributed by atoms with Crippen LogP contribution in [0.15, 0.2) is 24.3 Å². The summed E-state index contributed by atoms with van der Waals surface area (Å²) in [5, 5.41) is 3.07. The summed E-state index contributed by atoms with van der Waals surface area (Å²) in [7, 11) is 3.97. The topological polar surface area (TPSA) is 73.0 Å². The molecule has 1 saturated carbocycles. The average molecular weight is 543 g/mol. The molecule has 3 aliphatic rings. The van der Waals surface area contributed by atoms with Gasteiger partial charge in [0.2, 0.25) is 11.8 Å². The minimum Gasteiger partial charge on any atom is -0.343 e. The summed E-state index contributed by atoms with van der Waals surface area (Å²) in [6, 6.07) is 4.99. The van der Waals surface area contributed by atoms with Crippen LogP contribution in [0, 0.1) is 17.2 Å². The predicted octanol–water partition coefficient (Wildman–Crippen LogP) is 3.66. The van der Waals surface area contributed by atoms with Gasteiger partial charge in [-0.15, -0.1) is 0 Å². The number of likely N-dealkylation sites (tertiary alicyclic amines) is 1. The van der Waals surface area contributed by atoms with Crippen LogP contribution in [0.2, 0.25) is 0 Å². The number of nitrogens with one attached hydrogen (secondary N) is 1. The van der Waals surface area contributed by atoms with Crippen LogP contribution in [-0.2, 0) is 20.8 Å². The fourth-order valence-electron chi connectivity index (χ4n) is 7.14. The Labute approximate surface area is 233 Å². The van der Waals surface area contributed by atoms with Crippen molar-refractivity contribution in [2.45, 2.75) is 89.8 Å². The Bertz CT molecular complexity index is 1030. The smallest absolute Gasteiger partial charge is 0.245 e. The van der Waals surface area contributed by atoms with Crippen LogP contribution in [0.25, 0.3) is 0 Å². The molecular formula is C31H47FN4O3. The zero-order valence-electron chi connectivity index (χ0n) is 24.5. The Kier molecular flexibility index (Phi) is 9.16. The van der Waals surface area contributed by atoms with Crippen molar-refractivity contribution in [3.05, 3.63) is 35.6 Å². The Morgan fingerprint density at radius 1 is 1.03 bits per heavy atom. The number of carbonyl (C=O) groups excluding carboxylic acids is 3. The van der Waals surface area contributed by atoms with Gasteiger partial charge in [0.1, 0.15) is 23.7 Å². The number of Topliss-reactive ketones (excluding diaryl/α,β-unsaturated/α-hetero) is 1. The van der Waals surface area contributed by atoms with Gasteiger partial charge < -0.3 is 10.2 Å². The Morgan fingerprint density at radius 3 is 2.23 bits per heavy atom. The van der Waals surface area contributed by atoms with Crippen molar-refractivity contribution in [3.8, 4) is 0 Å². The van der Waals surface area contributed by atoms with Crippen LogP contribution in [0.4, 0.5) is 4.39 Å². The third kappa shape index (κ3) is 6.54. The molecule has 1 aliphatic carbocycles. The van der Waals surface area contributed by atoms with Gasteiger partial charge in [-0.05, 0) is 84.2 Å². The summed E-state index contributed by atoms with van der Waals surface area (Å²) < 4.78 is 13.6. The first-order chi connectivity index (χ1) is 18.4. The van der Waals surface area contributed by atoms with E-state index in [4.69, 9.17) is 0 Å². The van der Waals surface area contributed by atoms with E-state index in [2.05, 4.69) is 29.0 Å². The lowest BCUT2D eigenvalue weighted by molar-refractivity contribution is -0.145. The number of carbonyl (C=O) groups is 3. The van der Waals surface area contributed by atoms with Crippen LogP contribution in [0.5, 0.6) is 0 Å². The monoisotopic (exact) mass is 542 g/mol. The highest BCUT2D eigenvalue weighted by Crippen LogP contribution is 2.46. The third-order valence-electron chi connectivity index (χ3n) is 9.97. The summed E-state index contributed by atoms with van der Waals surface area (Å²) >= 11 is 0. The molecule has 1 aromatic carbocycles. The molecule has 1 aromatic rings. The fraction of sp³-hybridized carbons (Fsp3) is 0.710. The van der Waals surface area contributed by atoms with E-state index in [-0.39, 0.29) is 40.4 Å². The molecule has 2 amide bonds. The molecule has 7 nitrogen and oxygen atoms in total. The molecule has 0 aromatic heterocycles. The zero-order chi connectivity index (χ0) is 28.4. The number of nitrogens with zero attached hydrogens (tertiary/aromatic N) is 3. The third-order valence-corrected chi connectivity index (χ3v) is 9.97. The lowest BCUT2D eigenvalue weighted by Gasteiger charge is -2.48. The number of benzene rings is 1. The highest BCUT2D eigenvalue weighted by molar-refractivity contribution is 5.90. The lowest BCUT2D eigenvalue weighted by Crippen LogP contribution is -2.65. The molecule has 0 bridgehead atoms. The minimum absolute atomic E-state index is 0.0514. The number of piperidine rings is 1. The second-order valence-corrected chi connectivity index (χ2v) is 12.9. The number of hydrogen-bond acceptors (Lipinski definition) is 5. The first-order valence-corrected chi connectivity index (χ1v) is 14.7. The molecule has 8 heteroatoms. The number of hydrogen-bond donors (Lipinski definition) is 1. The maximum absolute atomic E-state index is 13.9. The molecule has 1 unspecified atom stereocenters. The van der Waals surface area contributed by atoms with Gasteiger partial charge in [0.25, 0.3) is 0 Å². The van der Waals surface area contributed by atoms with Crippen molar-refractivity contribution in [1.82, 2.24) is 20.0 Å². The van der Waals surface area contributed by atoms with Crippen LogP contribution in [0.1, 0.15) is 71.3 Å². The van der Waals surface area contributed by atoms with Gasteiger partial charge >= 0.3 is 0 Å². The van der Waals surface area contributed by atoms with Crippen molar-refractivity contribution in [1.29, 1.82) is 0 Å². The van der Waals surface area contributed by atoms with E-state index in [1.165, 1.54) is 31.4 Å². The van der Waals surface area contributed by atoms with Gasteiger partial charge in [0.15, 0.2) is 0 Å². The number of ketones is 1. The largest absolute Gasteiger partial charge is 0.343 e. The van der Waals surface area contributed by atoms with Crippen LogP contribution in [0.3, 0.4) is 0 Å². The van der Waals surface area contributed by atoms with Gasteiger partial charge in [0.05, 0.1) is 0 Å². The van der Waals surface area contributed by atoms with Crippen molar-refractivity contribution < 1.29 is 18.8 Å². The standard InChI is InChI=1S/C31H47FN4O3/c1-22(37)31(24-9-7-6-8-10-24)15-17-36(18-16-31)29(39)26(19-23-11-13-25(32)14-12-23)33-28(38)27-20-35(5)30(2,3)21-34(27)4/h11-14,24,26-27H,6-10,15-21H2,1-5H3,(H,33,38)/t26-,27?/m1/s1. The number of rotatable bonds is 7. The number of amides is 2. The van der Waals surface area contributed by atoms with Crippen molar-refractivity contribution in [2.75, 3.05) is 40.3 Å². The predicted molar refractivity (Wildman–Crippen MR) is 151 cm³/mol. The first kappa shape index (κ1) is 29.7. The van der Waals surface area contributed by atoms with Gasteiger partial charge in [-0.25, -0.2) is 4.39 Å². The number of halogens is 1. The van der Waals surface area contributed by atoms with Crippen LogP contribution in [-0.4, -0.2) is 90.2 Å². The summed E-state index contributed by atoms with van der Waals surface area (Å²) in [5.74, 6) is 0.0292. The molecule has 0 radical (unpaired) electrons. The van der Waals surface area contributed by atoms with Gasteiger partial charge in [-0.1, -0.05) is 31.4 Å². The normalized spacial score (nSPS) is 25.2. The molecule has 2 aliphatic heterocycles. The summed E-state index contributed by atoms with van der Waals surface area (Å²) in [4.78, 5) is 46.5. The van der Waals surface area contributed by atoms with Gasteiger partial charge in [-0.3, -0.25) is 24.2 Å². The zero-order valence-corrected chi connectivity index (χ0v) is 24.5. The number of piperazine rings is 1. The summed E-state index contributed by atoms with van der Waals surface area (Å²) in [5.41, 5.74) is 0.404. The molecule has 4 rings (SSSR count). The van der Waals surface area contributed by atoms with E-state index < -0.39 is 6.04 Å². The lowest BCUT2D eigenvalue weighted by atomic mass is 9.62. The Hall–Kier alpha value is -2.32. The van der Waals surface area contributed by atoms with Crippen LogP contribution >= 0.6 is 0 Å². The SMILES string of the molecule is CC(=O)C1(C2CCCCC2)CCN(C(=O)[C@@H](Cc2ccc(F)cc2)NC(=O)C2CN(C)C(C)(C)CN2C)CC1. The second-order valence-electron chi connectivity index (χ2n) is 12.9. The van der Waals surface area contributed by atoms with Gasteiger partial charge in [-0.2, -0.15) is 0 Å². The minimum atomic E-state index is -0.754. The summed E-state index contributed by atoms with van der Waals surface area (Å²) in [6.07, 6.45) is 7.44. The first-order valence-electron chi connectivity index (χ1n) is 14.7. The molecule has 2 saturated heterocycles. The molecule has 39 heavy (non-hydrogen) atoms. The number of likely N-dealkylation sites (N-methyl/N-ethyl adjacent to an activating group) is 2. The van der Waals surface area contributed by atoms with E-state index in [1.54, 1.807) is 19.1 Å². The average Bonchev–Trinajstić information content (AvgIpc) is 2.91. The summed E-state index contributed by atoms with van der Waals surface area (Å²) in [6.45, 7) is 8.38. The Morgan fingerprint density at radius 2 is 1.64 bits per heavy atom. The van der Waals surface area contributed by atoms with E-state index in [9.17, 15) is 18.8 Å². The molecule has 216 valence electrons. The maximum Gasteiger partial charge on any atom is 0.245 e. The van der Waals surface area contributed by atoms with Crippen LogP contribution < -0.4 is 5.32 Å².